The van der Waals surface area contributed by atoms with Gasteiger partial charge in [0.1, 0.15) is 47.6 Å². The fourth-order valence-corrected chi connectivity index (χ4v) is 9.57. The van der Waals surface area contributed by atoms with E-state index in [1.165, 1.54) is 11.1 Å². The third kappa shape index (κ3) is 17.4. The van der Waals surface area contributed by atoms with Gasteiger partial charge in [-0.25, -0.2) is 4.98 Å². The van der Waals surface area contributed by atoms with Crippen LogP contribution in [0, 0.1) is 196 Å². The molecule has 0 radical (unpaired) electrons. The van der Waals surface area contributed by atoms with Crippen LogP contribution in [0.1, 0.15) is 68.3 Å². The Balaban J connectivity index is -0.000000396. The zero-order chi connectivity index (χ0) is 40.8. The van der Waals surface area contributed by atoms with Gasteiger partial charge in [-0.05, 0) is 36.8 Å². The van der Waals surface area contributed by atoms with E-state index in [0.717, 1.165) is 62.3 Å². The molecule has 0 spiro atoms. The van der Waals surface area contributed by atoms with Crippen LogP contribution in [0.25, 0.3) is 0 Å². The van der Waals surface area contributed by atoms with Crippen molar-refractivity contribution in [3.8, 4) is 23.0 Å². The predicted octanol–water partition coefficient (Wildman–Crippen LogP) is 10.2. The molecule has 3 heterocycles. The maximum Gasteiger partial charge on any atom is 2.00 e. The van der Waals surface area contributed by atoms with Crippen LogP contribution < -0.4 is 47.7 Å². The van der Waals surface area contributed by atoms with E-state index in [0.29, 0.717) is 12.1 Å². The summed E-state index contributed by atoms with van der Waals surface area (Å²) in [6, 6.07) is 25.6. The Hall–Kier alpha value is 5.63. The topological polar surface area (TPSA) is 31.4 Å². The SMILES string of the molecule is CC1(C)c2cccc(P(Cl)Cl)c2Oc2c(P(Cl)Cl)cccc21.CC1(C)c2cccc(P)c2Oc2c(P)cccc21.Cc1cc(C(F)(F)F)nc(C(F)(F)F)c1.[Ar].[Ar].[Ar].[Ar].[Ar].[Br-].[H-].[Mg+2]. The molecule has 62 heavy (non-hydrogen) atoms. The molecule has 0 bridgehead atoms. The first-order valence-corrected chi connectivity index (χ1v) is 23.7. The summed E-state index contributed by atoms with van der Waals surface area (Å²) in [6.07, 6.45) is -9.74. The number of benzene rings is 4. The predicted molar refractivity (Wildman–Crippen MR) is 231 cm³/mol. The molecule has 2 aliphatic rings. The molecule has 3 nitrogen and oxygen atoms in total. The molecule has 0 amide bonds. The molecule has 2 atom stereocenters. The summed E-state index contributed by atoms with van der Waals surface area (Å²) in [7, 11) is 5.52. The van der Waals surface area contributed by atoms with Gasteiger partial charge in [0, 0.05) is 243 Å². The van der Waals surface area contributed by atoms with Crippen molar-refractivity contribution in [1.29, 1.82) is 0 Å². The monoisotopic (exact) mass is 1220 g/mol. The summed E-state index contributed by atoms with van der Waals surface area (Å²) in [5, 5.41) is 3.86. The number of aromatic nitrogens is 1. The second-order valence-electron chi connectivity index (χ2n) is 13.6. The number of ether oxygens (including phenoxy) is 2. The van der Waals surface area contributed by atoms with E-state index in [9.17, 15) is 26.3 Å². The first-order valence-electron chi connectivity index (χ1n) is 16.2. The Morgan fingerprint density at radius 2 is 0.823 bits per heavy atom. The Morgan fingerprint density at radius 3 is 1.11 bits per heavy atom. The van der Waals surface area contributed by atoms with E-state index in [4.69, 9.17) is 54.4 Å². The molecule has 5 aromatic rings. The van der Waals surface area contributed by atoms with Crippen molar-refractivity contribution in [2.45, 2.75) is 57.8 Å². The van der Waals surface area contributed by atoms with Crippen molar-refractivity contribution in [1.82, 2.24) is 4.98 Å². The van der Waals surface area contributed by atoms with E-state index in [-0.39, 0.29) is 247 Å². The number of alkyl halides is 6. The average molecular weight is 1220 g/mol. The van der Waals surface area contributed by atoms with Crippen molar-refractivity contribution in [2.75, 3.05) is 0 Å². The van der Waals surface area contributed by atoms with Gasteiger partial charge < -0.3 is 27.9 Å². The minimum atomic E-state index is -4.87. The summed E-state index contributed by atoms with van der Waals surface area (Å²) in [6.45, 7) is 7.33. The maximum absolute atomic E-state index is 12.1. The third-order valence-corrected chi connectivity index (χ3v) is 13.6. The summed E-state index contributed by atoms with van der Waals surface area (Å²) in [5.74, 6) is 3.42. The van der Waals surface area contributed by atoms with Gasteiger partial charge in [-0.1, -0.05) is 133 Å². The van der Waals surface area contributed by atoms with Crippen LogP contribution in [0.5, 0.6) is 23.0 Å². The molecule has 0 saturated heterocycles. The van der Waals surface area contributed by atoms with Crippen LogP contribution in [-0.4, -0.2) is 28.0 Å². The van der Waals surface area contributed by atoms with Gasteiger partial charge in [-0.15, -0.1) is 18.5 Å². The minimum Gasteiger partial charge on any atom is -1.00 e. The van der Waals surface area contributed by atoms with Gasteiger partial charge in [-0.3, -0.25) is 0 Å². The molecule has 2 unspecified atom stereocenters. The summed E-state index contributed by atoms with van der Waals surface area (Å²) in [5.41, 5.74) is 1.16. The Kier molecular flexibility index (Phi) is 34.9. The number of rotatable bonds is 2. The molecule has 4 aromatic carbocycles. The number of pyridine rings is 1. The van der Waals surface area contributed by atoms with Crippen molar-refractivity contribution in [3.63, 3.8) is 0 Å². The zero-order valence-electron chi connectivity index (χ0n) is 33.5. The van der Waals surface area contributed by atoms with Gasteiger partial charge in [0.15, 0.2) is 0 Å². The minimum absolute atomic E-state index is 0. The molecule has 0 fully saturated rings. The quantitative estimate of drug-likeness (QED) is 0.100. The molecule has 24 heteroatoms. The van der Waals surface area contributed by atoms with Gasteiger partial charge in [0.25, 0.3) is 0 Å². The molecule has 0 aliphatic carbocycles. The standard InChI is InChI=1S/C15H12Cl4OP2.C15H16OP2.C8H5F6N.5Ar.BrH.Mg.H/c1-15(2)9-5-3-7-11(21(16)17)13(9)20-14-10(15)6-4-8-12(14)22(18)19;1-15(2)9-5-3-7-11(17)13(9)16-14-10(15)6-4-8-12(14)18;1-4-2-5(7(9,10)11)15-6(3-4)8(12,13)14;;;;;;;;/h3-8H,1-2H3;3-8H,17-18H2,1-2H3;2-3H,1H3;;;;;;1H;;/q;;;;;;;;;+2;-1/p-1. The number of hydrogen-bond donors (Lipinski definition) is 0. The first kappa shape index (κ1) is 71.9. The third-order valence-electron chi connectivity index (χ3n) is 9.10. The van der Waals surface area contributed by atoms with E-state index in [1.807, 2.05) is 36.4 Å². The fourth-order valence-electron chi connectivity index (χ4n) is 6.29. The van der Waals surface area contributed by atoms with Crippen LogP contribution >= 0.6 is 76.7 Å². The first-order chi connectivity index (χ1) is 25.5. The molecule has 0 N–H and O–H groups in total. The van der Waals surface area contributed by atoms with Gasteiger partial charge >= 0.3 is 35.4 Å². The summed E-state index contributed by atoms with van der Waals surface area (Å²) >= 11 is 24.7. The fraction of sp³-hybridized carbons (Fsp3) is 0.237. The van der Waals surface area contributed by atoms with Gasteiger partial charge in [0.05, 0.1) is 0 Å². The zero-order valence-corrected chi connectivity index (χ0v) is 46.2. The average Bonchev–Trinajstić information content (AvgIpc) is 3.08. The van der Waals surface area contributed by atoms with Crippen LogP contribution in [0.3, 0.4) is 0 Å². The number of nitrogens with zero attached hydrogens (tertiary/aromatic N) is 1. The Morgan fingerprint density at radius 1 is 0.548 bits per heavy atom. The second-order valence-corrected chi connectivity index (χ2v) is 21.8. The normalized spacial score (nSPS) is 13.1. The largest absolute Gasteiger partial charge is 2.00 e. The Labute approximate surface area is 562 Å². The molecular weight excluding hydrogens is 1190 g/mol. The van der Waals surface area contributed by atoms with Crippen molar-refractivity contribution < 1.29 is 243 Å². The van der Waals surface area contributed by atoms with Crippen molar-refractivity contribution in [2.24, 2.45) is 0 Å². The molecular formula is C38H34Ar5BrCl4F6MgNO2P4. The van der Waals surface area contributed by atoms with Gasteiger partial charge in [0.2, 0.25) is 0 Å². The molecule has 1 aromatic heterocycles. The van der Waals surface area contributed by atoms with E-state index in [1.54, 1.807) is 0 Å². The van der Waals surface area contributed by atoms with E-state index < -0.39 is 37.0 Å². The van der Waals surface area contributed by atoms with Crippen molar-refractivity contribution in [3.05, 3.63) is 124 Å². The van der Waals surface area contributed by atoms with E-state index >= 15 is 0 Å². The van der Waals surface area contributed by atoms with Crippen molar-refractivity contribution >= 4 is 121 Å². The van der Waals surface area contributed by atoms with Crippen LogP contribution in [-0.2, 0) is 23.2 Å². The molecule has 2 aliphatic heterocycles. The number of fused-ring (bicyclic) bond motifs is 4. The van der Waals surface area contributed by atoms with Crippen LogP contribution in [0.15, 0.2) is 84.9 Å². The van der Waals surface area contributed by atoms with E-state index in [2.05, 4.69) is 87.6 Å². The summed E-state index contributed by atoms with van der Waals surface area (Å²) in [4.78, 5) is 2.53. The van der Waals surface area contributed by atoms with Crippen LogP contribution in [0.4, 0.5) is 26.3 Å². The number of aryl methyl sites for hydroxylation is 1. The smallest absolute Gasteiger partial charge is 1.00 e. The second kappa shape index (κ2) is 30.1. The number of para-hydroxylation sites is 4. The summed E-state index contributed by atoms with van der Waals surface area (Å²) < 4.78 is 85.0. The molecule has 7 rings (SSSR count). The molecule has 342 valence electrons. The number of hydrogen-bond acceptors (Lipinski definition) is 3. The van der Waals surface area contributed by atoms with Crippen LogP contribution in [0.2, 0.25) is 0 Å². The Bertz CT molecular complexity index is 2140. The molecule has 0 saturated carbocycles. The maximum atomic E-state index is 12.1. The van der Waals surface area contributed by atoms with Gasteiger partial charge in [-0.2, -0.15) is 26.3 Å². The number of halogens is 11.